The number of rotatable bonds is 1. The largest absolute Gasteiger partial charge is 0.371 e. The van der Waals surface area contributed by atoms with Gasteiger partial charge in [-0.05, 0) is 38.5 Å². The molecular weight excluding hydrogens is 272 g/mol. The summed E-state index contributed by atoms with van der Waals surface area (Å²) in [5.74, 6) is -0.369. The number of nitrogens with zero attached hydrogens (tertiary/aromatic N) is 2. The smallest absolute Gasteiger partial charge is 0.225 e. The average Bonchev–Trinajstić information content (AvgIpc) is 2.34. The number of aliphatic hydroxyl groups excluding tert-OH is 2. The Morgan fingerprint density at radius 3 is 1.76 bits per heavy atom. The molecule has 1 aliphatic heterocycles. The quantitative estimate of drug-likeness (QED) is 0.741. The zero-order chi connectivity index (χ0) is 15.4. The highest BCUT2D eigenvalue weighted by atomic mass is 16.3. The Hall–Kier alpha value is -1.14. The van der Waals surface area contributed by atoms with Gasteiger partial charge < -0.3 is 20.0 Å². The maximum atomic E-state index is 12.4. The molecule has 1 saturated heterocycles. The molecule has 118 valence electrons. The number of piperazine rings is 1. The van der Waals surface area contributed by atoms with Crippen LogP contribution in [0, 0.1) is 0 Å². The fourth-order valence-corrected chi connectivity index (χ4v) is 4.33. The molecule has 2 atom stereocenters. The Balaban J connectivity index is 2.06. The van der Waals surface area contributed by atoms with Gasteiger partial charge in [0.2, 0.25) is 11.8 Å². The van der Waals surface area contributed by atoms with Gasteiger partial charge in [0.1, 0.15) is 0 Å². The predicted molar refractivity (Wildman–Crippen MR) is 74.8 cm³/mol. The minimum atomic E-state index is -1.01. The highest BCUT2D eigenvalue weighted by molar-refractivity contribution is 5.80. The first-order valence-electron chi connectivity index (χ1n) is 7.89. The van der Waals surface area contributed by atoms with E-state index in [9.17, 15) is 19.8 Å². The second kappa shape index (κ2) is 4.68. The van der Waals surface area contributed by atoms with Crippen LogP contribution in [-0.4, -0.2) is 55.4 Å². The number of carbonyl (C=O) groups excluding carboxylic acids is 2. The third-order valence-corrected chi connectivity index (χ3v) is 5.76. The maximum absolute atomic E-state index is 12.4. The molecule has 6 heteroatoms. The van der Waals surface area contributed by atoms with Crippen LogP contribution < -0.4 is 0 Å². The Morgan fingerprint density at radius 1 is 1.00 bits per heavy atom. The molecule has 1 heterocycles. The van der Waals surface area contributed by atoms with E-state index in [-0.39, 0.29) is 11.8 Å². The summed E-state index contributed by atoms with van der Waals surface area (Å²) in [5.41, 5.74) is -1.59. The number of carbonyl (C=O) groups is 2. The second-order valence-electron chi connectivity index (χ2n) is 6.67. The van der Waals surface area contributed by atoms with Crippen LogP contribution >= 0.6 is 0 Å². The summed E-state index contributed by atoms with van der Waals surface area (Å²) < 4.78 is 0. The van der Waals surface area contributed by atoms with Crippen molar-refractivity contribution < 1.29 is 19.8 Å². The van der Waals surface area contributed by atoms with Gasteiger partial charge in [0, 0.05) is 13.3 Å². The lowest BCUT2D eigenvalue weighted by molar-refractivity contribution is -0.293. The molecule has 0 aromatic carbocycles. The Bertz CT molecular complexity index is 470. The molecule has 2 spiro atoms. The van der Waals surface area contributed by atoms with Gasteiger partial charge in [0.05, 0.1) is 11.1 Å². The average molecular weight is 296 g/mol. The Morgan fingerprint density at radius 2 is 1.43 bits per heavy atom. The number of hydrogen-bond donors (Lipinski definition) is 2. The highest BCUT2D eigenvalue weighted by Crippen LogP contribution is 2.54. The maximum Gasteiger partial charge on any atom is 0.225 e. The van der Waals surface area contributed by atoms with Crippen LogP contribution in [0.4, 0.5) is 0 Å². The van der Waals surface area contributed by atoms with Gasteiger partial charge in [0.25, 0.3) is 0 Å². The van der Waals surface area contributed by atoms with E-state index in [0.717, 1.165) is 12.8 Å². The van der Waals surface area contributed by atoms with Crippen LogP contribution in [0.5, 0.6) is 0 Å². The Labute approximate surface area is 124 Å². The van der Waals surface area contributed by atoms with E-state index in [0.29, 0.717) is 32.1 Å². The van der Waals surface area contributed by atoms with Crippen molar-refractivity contribution >= 4 is 11.8 Å². The first-order valence-corrected chi connectivity index (χ1v) is 7.89. The fourth-order valence-electron chi connectivity index (χ4n) is 4.33. The van der Waals surface area contributed by atoms with Crippen molar-refractivity contribution in [3.05, 3.63) is 0 Å². The molecular formula is C15H24N2O4. The number of amides is 2. The molecule has 0 aromatic heterocycles. The normalized spacial score (nSPS) is 32.8. The third kappa shape index (κ3) is 1.66. The zero-order valence-electron chi connectivity index (χ0n) is 12.7. The molecule has 21 heavy (non-hydrogen) atoms. The topological polar surface area (TPSA) is 81.1 Å². The summed E-state index contributed by atoms with van der Waals surface area (Å²) in [5, 5.41) is 21.7. The van der Waals surface area contributed by atoms with Crippen molar-refractivity contribution in [1.82, 2.24) is 9.80 Å². The Kier molecular flexibility index (Phi) is 3.29. The first kappa shape index (κ1) is 14.8. The van der Waals surface area contributed by atoms with Crippen molar-refractivity contribution in [1.29, 1.82) is 0 Å². The van der Waals surface area contributed by atoms with E-state index >= 15 is 0 Å². The van der Waals surface area contributed by atoms with E-state index in [2.05, 4.69) is 0 Å². The van der Waals surface area contributed by atoms with Gasteiger partial charge in [-0.15, -0.1) is 0 Å². The summed E-state index contributed by atoms with van der Waals surface area (Å²) in [6.45, 7) is 3.19. The molecule has 2 amide bonds. The molecule has 2 unspecified atom stereocenters. The lowest BCUT2D eigenvalue weighted by atomic mass is 9.64. The number of hydrogen-bond acceptors (Lipinski definition) is 4. The van der Waals surface area contributed by atoms with Crippen LogP contribution in [0.3, 0.4) is 0 Å². The molecule has 0 radical (unpaired) electrons. The molecule has 6 nitrogen and oxygen atoms in total. The van der Waals surface area contributed by atoms with E-state index in [1.165, 1.54) is 16.7 Å². The van der Waals surface area contributed by atoms with Crippen molar-refractivity contribution in [2.45, 2.75) is 82.3 Å². The van der Waals surface area contributed by atoms with Crippen LogP contribution in [0.25, 0.3) is 0 Å². The first-order chi connectivity index (χ1) is 9.90. The van der Waals surface area contributed by atoms with Gasteiger partial charge in [-0.1, -0.05) is 6.92 Å². The van der Waals surface area contributed by atoms with Gasteiger partial charge in [-0.25, -0.2) is 0 Å². The van der Waals surface area contributed by atoms with Crippen LogP contribution in [-0.2, 0) is 9.59 Å². The lowest BCUT2D eigenvalue weighted by Crippen LogP contribution is -2.84. The summed E-state index contributed by atoms with van der Waals surface area (Å²) in [6.07, 6.45) is 2.61. The van der Waals surface area contributed by atoms with Gasteiger partial charge in [0.15, 0.2) is 12.5 Å². The molecule has 3 fully saturated rings. The highest BCUT2D eigenvalue weighted by Gasteiger charge is 2.67. The SMILES string of the molecule is CCC(=O)N1C(O)C2(CCC2)N(C(C)=O)C(O)C12CCC2. The van der Waals surface area contributed by atoms with Crippen molar-refractivity contribution in [3.8, 4) is 0 Å². The minimum Gasteiger partial charge on any atom is -0.371 e. The van der Waals surface area contributed by atoms with Crippen molar-refractivity contribution in [2.24, 2.45) is 0 Å². The van der Waals surface area contributed by atoms with Crippen molar-refractivity contribution in [3.63, 3.8) is 0 Å². The van der Waals surface area contributed by atoms with Crippen LogP contribution in [0.2, 0.25) is 0 Å². The van der Waals surface area contributed by atoms with Gasteiger partial charge in [-0.2, -0.15) is 0 Å². The molecule has 3 rings (SSSR count). The minimum absolute atomic E-state index is 0.143. The summed E-state index contributed by atoms with van der Waals surface area (Å²) in [7, 11) is 0. The van der Waals surface area contributed by atoms with Crippen molar-refractivity contribution in [2.75, 3.05) is 0 Å². The summed E-state index contributed by atoms with van der Waals surface area (Å²) in [4.78, 5) is 27.4. The van der Waals surface area contributed by atoms with Gasteiger partial charge in [-0.3, -0.25) is 9.59 Å². The molecule has 2 aliphatic carbocycles. The van der Waals surface area contributed by atoms with E-state index in [1.54, 1.807) is 6.92 Å². The van der Waals surface area contributed by atoms with E-state index < -0.39 is 23.5 Å². The summed E-state index contributed by atoms with van der Waals surface area (Å²) >= 11 is 0. The second-order valence-corrected chi connectivity index (χ2v) is 6.67. The molecule has 2 saturated carbocycles. The molecule has 0 aromatic rings. The molecule has 3 aliphatic rings. The monoisotopic (exact) mass is 296 g/mol. The predicted octanol–water partition coefficient (Wildman–Crippen LogP) is 0.569. The zero-order valence-corrected chi connectivity index (χ0v) is 12.7. The lowest BCUT2D eigenvalue weighted by Gasteiger charge is -2.68. The standard InChI is InChI=1S/C15H24N2O4/c1-3-11(19)17-13(21)14(6-4-7-14)16(10(2)18)12(20)15(17)8-5-9-15/h12-13,20-21H,3-9H2,1-2H3. The third-order valence-electron chi connectivity index (χ3n) is 5.76. The number of aliphatic hydroxyl groups is 2. The van der Waals surface area contributed by atoms with Crippen LogP contribution in [0.15, 0.2) is 0 Å². The molecule has 0 bridgehead atoms. The molecule has 2 N–H and O–H groups in total. The van der Waals surface area contributed by atoms with E-state index in [1.807, 2.05) is 0 Å². The van der Waals surface area contributed by atoms with Gasteiger partial charge >= 0.3 is 0 Å². The fraction of sp³-hybridized carbons (Fsp3) is 0.867. The summed E-state index contributed by atoms with van der Waals surface area (Å²) in [6, 6.07) is 0. The van der Waals surface area contributed by atoms with E-state index in [4.69, 9.17) is 0 Å². The van der Waals surface area contributed by atoms with Crippen LogP contribution in [0.1, 0.15) is 58.8 Å².